The van der Waals surface area contributed by atoms with Crippen molar-refractivity contribution in [2.75, 3.05) is 0 Å². The second-order valence-corrected chi connectivity index (χ2v) is 3.79. The first kappa shape index (κ1) is 8.42. The van der Waals surface area contributed by atoms with Crippen molar-refractivity contribution in [3.8, 4) is 0 Å². The van der Waals surface area contributed by atoms with Gasteiger partial charge in [0.2, 0.25) is 0 Å². The Balaban J connectivity index is 2.05. The van der Waals surface area contributed by atoms with Crippen LogP contribution in [0.1, 0.15) is 35.3 Å². The number of carbonyl (C=O) groups excluding carboxylic acids is 1. The van der Waals surface area contributed by atoms with E-state index in [2.05, 4.69) is 4.98 Å². The number of nitrogens with zero attached hydrogens (tertiary/aromatic N) is 1. The van der Waals surface area contributed by atoms with E-state index < -0.39 is 0 Å². The second-order valence-electron chi connectivity index (χ2n) is 3.79. The van der Waals surface area contributed by atoms with E-state index in [1.807, 2.05) is 19.1 Å². The Hall–Kier alpha value is -1.18. The number of aryl methyl sites for hydroxylation is 1. The molecule has 1 saturated carbocycles. The van der Waals surface area contributed by atoms with E-state index in [0.29, 0.717) is 18.0 Å². The second kappa shape index (κ2) is 3.29. The summed E-state index contributed by atoms with van der Waals surface area (Å²) < 4.78 is 0. The van der Waals surface area contributed by atoms with Crippen LogP contribution in [-0.4, -0.2) is 10.8 Å². The third-order valence-electron chi connectivity index (χ3n) is 2.37. The lowest BCUT2D eigenvalue weighted by atomic mass is 10.1. The molecule has 2 nitrogen and oxygen atoms in total. The highest BCUT2D eigenvalue weighted by molar-refractivity contribution is 5.94. The van der Waals surface area contributed by atoms with E-state index in [9.17, 15) is 4.79 Å². The molecule has 0 radical (unpaired) electrons. The van der Waals surface area contributed by atoms with E-state index in [4.69, 9.17) is 0 Å². The molecule has 1 heterocycles. The number of Topliss-reactive ketones (excluding diaryl/α,β-unsaturated/α-hetero) is 1. The van der Waals surface area contributed by atoms with Crippen molar-refractivity contribution >= 4 is 5.78 Å². The number of hydrogen-bond acceptors (Lipinski definition) is 2. The highest BCUT2D eigenvalue weighted by Crippen LogP contribution is 2.33. The summed E-state index contributed by atoms with van der Waals surface area (Å²) in [7, 11) is 0. The van der Waals surface area contributed by atoms with Gasteiger partial charge in [0.05, 0.1) is 0 Å². The Morgan fingerprint density at radius 3 is 2.85 bits per heavy atom. The predicted molar refractivity (Wildman–Crippen MR) is 50.6 cm³/mol. The summed E-state index contributed by atoms with van der Waals surface area (Å²) in [6, 6.07) is 3.76. The van der Waals surface area contributed by atoms with Crippen LogP contribution in [0.4, 0.5) is 0 Å². The van der Waals surface area contributed by atoms with E-state index in [1.165, 1.54) is 12.8 Å². The van der Waals surface area contributed by atoms with Crippen LogP contribution < -0.4 is 0 Å². The van der Waals surface area contributed by atoms with E-state index in [0.717, 1.165) is 5.56 Å². The Kier molecular flexibility index (Phi) is 2.13. The molecule has 0 bridgehead atoms. The zero-order valence-corrected chi connectivity index (χ0v) is 7.79. The molecule has 13 heavy (non-hydrogen) atoms. The number of rotatable bonds is 3. The lowest BCUT2D eigenvalue weighted by Crippen LogP contribution is -2.02. The van der Waals surface area contributed by atoms with Gasteiger partial charge in [-0.2, -0.15) is 0 Å². The first-order valence-corrected chi connectivity index (χ1v) is 4.71. The van der Waals surface area contributed by atoms with Crippen LogP contribution >= 0.6 is 0 Å². The summed E-state index contributed by atoms with van der Waals surface area (Å²) in [6.07, 6.45) is 4.88. The van der Waals surface area contributed by atoms with Crippen LogP contribution in [-0.2, 0) is 0 Å². The molecule has 0 atom stereocenters. The molecule has 2 rings (SSSR count). The zero-order valence-electron chi connectivity index (χ0n) is 7.79. The first-order valence-electron chi connectivity index (χ1n) is 4.71. The van der Waals surface area contributed by atoms with Crippen LogP contribution in [0.3, 0.4) is 0 Å². The molecule has 0 amide bonds. The number of carbonyl (C=O) groups is 1. The van der Waals surface area contributed by atoms with Gasteiger partial charge in [-0.1, -0.05) is 6.07 Å². The molecule has 0 N–H and O–H groups in total. The molecule has 1 aliphatic carbocycles. The van der Waals surface area contributed by atoms with Gasteiger partial charge < -0.3 is 0 Å². The SMILES string of the molecule is Cc1ccc(C(=O)CC2CC2)nc1. The molecule has 1 aliphatic rings. The van der Waals surface area contributed by atoms with Crippen molar-refractivity contribution in [3.05, 3.63) is 29.6 Å². The van der Waals surface area contributed by atoms with Gasteiger partial charge in [-0.25, -0.2) is 0 Å². The van der Waals surface area contributed by atoms with Crippen LogP contribution in [0.2, 0.25) is 0 Å². The molecule has 0 spiro atoms. The lowest BCUT2D eigenvalue weighted by Gasteiger charge is -1.98. The maximum absolute atomic E-state index is 11.5. The topological polar surface area (TPSA) is 30.0 Å². The molecule has 2 heteroatoms. The van der Waals surface area contributed by atoms with Crippen LogP contribution in [0.25, 0.3) is 0 Å². The summed E-state index contributed by atoms with van der Waals surface area (Å²) in [6.45, 7) is 1.97. The van der Waals surface area contributed by atoms with Crippen molar-refractivity contribution in [3.63, 3.8) is 0 Å². The van der Waals surface area contributed by atoms with Gasteiger partial charge in [-0.05, 0) is 37.3 Å². The molecule has 1 fully saturated rings. The largest absolute Gasteiger partial charge is 0.292 e. The van der Waals surface area contributed by atoms with Crippen LogP contribution in [0, 0.1) is 12.8 Å². The molecular formula is C11H13NO. The maximum Gasteiger partial charge on any atom is 0.181 e. The number of aromatic nitrogens is 1. The normalized spacial score (nSPS) is 15.8. The highest BCUT2D eigenvalue weighted by Gasteiger charge is 2.25. The van der Waals surface area contributed by atoms with E-state index >= 15 is 0 Å². The van der Waals surface area contributed by atoms with Crippen molar-refractivity contribution in [2.24, 2.45) is 5.92 Å². The van der Waals surface area contributed by atoms with Crippen LogP contribution in [0.5, 0.6) is 0 Å². The van der Waals surface area contributed by atoms with Gasteiger partial charge in [-0.3, -0.25) is 9.78 Å². The minimum absolute atomic E-state index is 0.197. The summed E-state index contributed by atoms with van der Waals surface area (Å²) in [5.41, 5.74) is 1.72. The fraction of sp³-hybridized carbons (Fsp3) is 0.455. The molecule has 1 aromatic heterocycles. The van der Waals surface area contributed by atoms with Crippen molar-refractivity contribution in [1.82, 2.24) is 4.98 Å². The highest BCUT2D eigenvalue weighted by atomic mass is 16.1. The van der Waals surface area contributed by atoms with Gasteiger partial charge in [0.25, 0.3) is 0 Å². The first-order chi connectivity index (χ1) is 6.25. The van der Waals surface area contributed by atoms with Gasteiger partial charge in [-0.15, -0.1) is 0 Å². The summed E-state index contributed by atoms with van der Waals surface area (Å²) in [5.74, 6) is 0.845. The Labute approximate surface area is 78.0 Å². The average molecular weight is 175 g/mol. The fourth-order valence-electron chi connectivity index (χ4n) is 1.32. The Bertz CT molecular complexity index is 311. The predicted octanol–water partition coefficient (Wildman–Crippen LogP) is 2.37. The number of hydrogen-bond donors (Lipinski definition) is 0. The van der Waals surface area contributed by atoms with Crippen molar-refractivity contribution in [1.29, 1.82) is 0 Å². The van der Waals surface area contributed by atoms with E-state index in [1.54, 1.807) is 6.20 Å². The zero-order chi connectivity index (χ0) is 9.26. The minimum Gasteiger partial charge on any atom is -0.292 e. The van der Waals surface area contributed by atoms with Crippen LogP contribution in [0.15, 0.2) is 18.3 Å². The maximum atomic E-state index is 11.5. The third kappa shape index (κ3) is 2.14. The standard InChI is InChI=1S/C11H13NO/c1-8-2-5-10(12-7-8)11(13)6-9-3-4-9/h2,5,7,9H,3-4,6H2,1H3. The summed E-state index contributed by atoms with van der Waals surface area (Å²) in [4.78, 5) is 15.7. The third-order valence-corrected chi connectivity index (χ3v) is 2.37. The van der Waals surface area contributed by atoms with Gasteiger partial charge in [0.1, 0.15) is 5.69 Å². The van der Waals surface area contributed by atoms with Crippen molar-refractivity contribution < 1.29 is 4.79 Å². The Morgan fingerprint density at radius 2 is 2.31 bits per heavy atom. The van der Waals surface area contributed by atoms with Crippen molar-refractivity contribution in [2.45, 2.75) is 26.2 Å². The molecule has 68 valence electrons. The molecule has 0 aromatic carbocycles. The van der Waals surface area contributed by atoms with Gasteiger partial charge >= 0.3 is 0 Å². The summed E-state index contributed by atoms with van der Waals surface area (Å²) in [5, 5.41) is 0. The smallest absolute Gasteiger partial charge is 0.181 e. The molecule has 0 aliphatic heterocycles. The number of pyridine rings is 1. The minimum atomic E-state index is 0.197. The van der Waals surface area contributed by atoms with E-state index in [-0.39, 0.29) is 5.78 Å². The number of ketones is 1. The average Bonchev–Trinajstić information content (AvgIpc) is 2.89. The lowest BCUT2D eigenvalue weighted by molar-refractivity contribution is 0.0971. The fourth-order valence-corrected chi connectivity index (χ4v) is 1.32. The quantitative estimate of drug-likeness (QED) is 0.660. The molecular weight excluding hydrogens is 162 g/mol. The summed E-state index contributed by atoms with van der Waals surface area (Å²) >= 11 is 0. The molecule has 0 unspecified atom stereocenters. The van der Waals surface area contributed by atoms with Gasteiger partial charge in [0.15, 0.2) is 5.78 Å². The van der Waals surface area contributed by atoms with Gasteiger partial charge in [0, 0.05) is 12.6 Å². The Morgan fingerprint density at radius 1 is 1.54 bits per heavy atom. The molecule has 1 aromatic rings. The monoisotopic (exact) mass is 175 g/mol. The molecule has 0 saturated heterocycles.